The van der Waals surface area contributed by atoms with E-state index in [9.17, 15) is 22.8 Å². The maximum atomic E-state index is 12.8. The lowest BCUT2D eigenvalue weighted by Gasteiger charge is -2.24. The van der Waals surface area contributed by atoms with E-state index in [1.807, 2.05) is 26.0 Å². The zero-order valence-corrected chi connectivity index (χ0v) is 17.2. The van der Waals surface area contributed by atoms with Crippen LogP contribution in [0.15, 0.2) is 36.4 Å². The minimum Gasteiger partial charge on any atom is -0.457 e. The fourth-order valence-electron chi connectivity index (χ4n) is 3.26. The average molecular weight is 426 g/mol. The first-order valence-corrected chi connectivity index (χ1v) is 10.2. The van der Waals surface area contributed by atoms with Crippen LogP contribution in [0.4, 0.5) is 13.2 Å². The van der Waals surface area contributed by atoms with E-state index < -0.39 is 35.7 Å². The molecular formula is C22H29F3N2O3. The molecule has 0 spiro atoms. The van der Waals surface area contributed by atoms with E-state index >= 15 is 0 Å². The quantitative estimate of drug-likeness (QED) is 0.490. The highest BCUT2D eigenvalue weighted by molar-refractivity contribution is 5.87. The fraction of sp³-hybridized carbons (Fsp3) is 0.545. The standard InChI is InChI=1S/C22H29F3N2O3/c1-14(2)12-18(26)20(28)27-19(21(29)30-17-6-4-3-5-7-17)13-15-8-10-16(11-9-15)22(23,24)25/h4,6,8-11,14,17-19H,3,5,7,12-13,26H2,1-2H3,(H,27,28)/t17-,18+,19+/m1/s1. The summed E-state index contributed by atoms with van der Waals surface area (Å²) in [6, 6.07) is 2.67. The molecule has 0 fully saturated rings. The molecule has 3 atom stereocenters. The van der Waals surface area contributed by atoms with Crippen LogP contribution in [0.25, 0.3) is 0 Å². The van der Waals surface area contributed by atoms with Crippen molar-refractivity contribution in [2.24, 2.45) is 11.7 Å². The summed E-state index contributed by atoms with van der Waals surface area (Å²) in [5.74, 6) is -0.924. The molecule has 5 nitrogen and oxygen atoms in total. The van der Waals surface area contributed by atoms with E-state index in [4.69, 9.17) is 10.5 Å². The third-order valence-electron chi connectivity index (χ3n) is 4.86. The highest BCUT2D eigenvalue weighted by Gasteiger charge is 2.31. The van der Waals surface area contributed by atoms with Crippen LogP contribution < -0.4 is 11.1 Å². The van der Waals surface area contributed by atoms with Crippen molar-refractivity contribution >= 4 is 11.9 Å². The second-order valence-electron chi connectivity index (χ2n) is 8.03. The van der Waals surface area contributed by atoms with Crippen LogP contribution >= 0.6 is 0 Å². The molecule has 0 aliphatic heterocycles. The average Bonchev–Trinajstić information content (AvgIpc) is 2.67. The molecule has 0 heterocycles. The van der Waals surface area contributed by atoms with Gasteiger partial charge in [-0.2, -0.15) is 13.2 Å². The predicted octanol–water partition coefficient (Wildman–Crippen LogP) is 3.76. The normalized spacial score (nSPS) is 18.7. The molecule has 1 aliphatic carbocycles. The number of nitrogens with one attached hydrogen (secondary N) is 1. The third-order valence-corrected chi connectivity index (χ3v) is 4.86. The Morgan fingerprint density at radius 2 is 1.90 bits per heavy atom. The number of rotatable bonds is 8. The number of ether oxygens (including phenoxy) is 1. The van der Waals surface area contributed by atoms with Crippen molar-refractivity contribution in [3.05, 3.63) is 47.5 Å². The van der Waals surface area contributed by atoms with Crippen LogP contribution in [0.5, 0.6) is 0 Å². The summed E-state index contributed by atoms with van der Waals surface area (Å²) in [5, 5.41) is 2.62. The molecule has 166 valence electrons. The van der Waals surface area contributed by atoms with Crippen LogP contribution in [-0.2, 0) is 26.9 Å². The summed E-state index contributed by atoms with van der Waals surface area (Å²) in [6.07, 6.45) is 1.88. The van der Waals surface area contributed by atoms with Crippen molar-refractivity contribution in [3.8, 4) is 0 Å². The lowest BCUT2D eigenvalue weighted by molar-refractivity contribution is -0.151. The topological polar surface area (TPSA) is 81.4 Å². The van der Waals surface area contributed by atoms with Gasteiger partial charge in [-0.1, -0.05) is 32.1 Å². The Kier molecular flexibility index (Phi) is 8.46. The van der Waals surface area contributed by atoms with E-state index in [0.29, 0.717) is 18.4 Å². The molecule has 8 heteroatoms. The lowest BCUT2D eigenvalue weighted by Crippen LogP contribution is -2.50. The first kappa shape index (κ1) is 23.9. The summed E-state index contributed by atoms with van der Waals surface area (Å²) >= 11 is 0. The van der Waals surface area contributed by atoms with Crippen molar-refractivity contribution in [1.29, 1.82) is 0 Å². The largest absolute Gasteiger partial charge is 0.457 e. The molecule has 0 saturated heterocycles. The van der Waals surface area contributed by atoms with Gasteiger partial charge in [0, 0.05) is 6.42 Å². The van der Waals surface area contributed by atoms with E-state index in [0.717, 1.165) is 25.0 Å². The molecule has 3 N–H and O–H groups in total. The van der Waals surface area contributed by atoms with Gasteiger partial charge in [0.15, 0.2) is 0 Å². The van der Waals surface area contributed by atoms with Crippen LogP contribution in [0.3, 0.4) is 0 Å². The van der Waals surface area contributed by atoms with Crippen molar-refractivity contribution in [3.63, 3.8) is 0 Å². The van der Waals surface area contributed by atoms with Gasteiger partial charge in [0.25, 0.3) is 0 Å². The summed E-state index contributed by atoms with van der Waals surface area (Å²) in [4.78, 5) is 25.2. The number of carbonyl (C=O) groups is 2. The van der Waals surface area contributed by atoms with Gasteiger partial charge >= 0.3 is 12.1 Å². The van der Waals surface area contributed by atoms with Crippen molar-refractivity contribution in [1.82, 2.24) is 5.32 Å². The van der Waals surface area contributed by atoms with Crippen LogP contribution in [0, 0.1) is 5.92 Å². The number of hydrogen-bond donors (Lipinski definition) is 2. The van der Waals surface area contributed by atoms with Gasteiger partial charge in [0.05, 0.1) is 11.6 Å². The Labute approximate surface area is 174 Å². The first-order chi connectivity index (χ1) is 14.1. The minimum absolute atomic E-state index is 0.00748. The van der Waals surface area contributed by atoms with Gasteiger partial charge in [-0.05, 0) is 55.4 Å². The molecule has 1 aromatic carbocycles. The van der Waals surface area contributed by atoms with Crippen molar-refractivity contribution in [2.45, 2.75) is 70.3 Å². The molecule has 0 aromatic heterocycles. The number of carbonyl (C=O) groups excluding carboxylic acids is 2. The number of halogens is 3. The zero-order valence-electron chi connectivity index (χ0n) is 17.2. The first-order valence-electron chi connectivity index (χ1n) is 10.2. The fourth-order valence-corrected chi connectivity index (χ4v) is 3.26. The number of hydrogen-bond acceptors (Lipinski definition) is 4. The molecule has 30 heavy (non-hydrogen) atoms. The summed E-state index contributed by atoms with van der Waals surface area (Å²) in [5.41, 5.74) is 5.61. The number of alkyl halides is 3. The van der Waals surface area contributed by atoms with E-state index in [-0.39, 0.29) is 18.4 Å². The van der Waals surface area contributed by atoms with Crippen LogP contribution in [0.1, 0.15) is 50.7 Å². The van der Waals surface area contributed by atoms with E-state index in [2.05, 4.69) is 5.32 Å². The Balaban J connectivity index is 2.13. The molecular weight excluding hydrogens is 397 g/mol. The van der Waals surface area contributed by atoms with E-state index in [1.54, 1.807) is 0 Å². The summed E-state index contributed by atoms with van der Waals surface area (Å²) < 4.78 is 43.9. The highest BCUT2D eigenvalue weighted by atomic mass is 19.4. The van der Waals surface area contributed by atoms with E-state index in [1.165, 1.54) is 12.1 Å². The third kappa shape index (κ3) is 7.48. The van der Waals surface area contributed by atoms with Gasteiger partial charge in [0.2, 0.25) is 5.91 Å². The zero-order chi connectivity index (χ0) is 22.3. The van der Waals surface area contributed by atoms with Crippen molar-refractivity contribution in [2.75, 3.05) is 0 Å². The second-order valence-corrected chi connectivity index (χ2v) is 8.03. The minimum atomic E-state index is -4.44. The maximum Gasteiger partial charge on any atom is 0.416 e. The summed E-state index contributed by atoms with van der Waals surface area (Å²) in [7, 11) is 0. The number of nitrogens with two attached hydrogens (primary N) is 1. The van der Waals surface area contributed by atoms with Gasteiger partial charge in [-0.3, -0.25) is 4.79 Å². The van der Waals surface area contributed by atoms with Gasteiger partial charge in [-0.25, -0.2) is 4.79 Å². The molecule has 0 saturated carbocycles. The smallest absolute Gasteiger partial charge is 0.416 e. The number of amides is 1. The number of benzene rings is 1. The van der Waals surface area contributed by atoms with Crippen molar-refractivity contribution < 1.29 is 27.5 Å². The molecule has 1 aliphatic rings. The molecule has 0 radical (unpaired) electrons. The van der Waals surface area contributed by atoms with Gasteiger partial charge in [-0.15, -0.1) is 0 Å². The molecule has 0 bridgehead atoms. The monoisotopic (exact) mass is 426 g/mol. The van der Waals surface area contributed by atoms with Crippen LogP contribution in [-0.4, -0.2) is 30.1 Å². The lowest BCUT2D eigenvalue weighted by atomic mass is 10.0. The van der Waals surface area contributed by atoms with Gasteiger partial charge < -0.3 is 15.8 Å². The molecule has 2 rings (SSSR count). The second kappa shape index (κ2) is 10.6. The Hall–Kier alpha value is -2.35. The Morgan fingerprint density at radius 1 is 1.23 bits per heavy atom. The molecule has 1 amide bonds. The molecule has 1 aromatic rings. The number of allylic oxidation sites excluding steroid dienone is 1. The Bertz CT molecular complexity index is 745. The predicted molar refractivity (Wildman–Crippen MR) is 107 cm³/mol. The van der Waals surface area contributed by atoms with Gasteiger partial charge in [0.1, 0.15) is 12.1 Å². The number of esters is 1. The Morgan fingerprint density at radius 3 is 2.43 bits per heavy atom. The summed E-state index contributed by atoms with van der Waals surface area (Å²) in [6.45, 7) is 3.85. The SMILES string of the molecule is CC(C)C[C@H](N)C(=O)N[C@@H](Cc1ccc(C(F)(F)F)cc1)C(=O)O[C@@H]1C=CCCC1. The molecule has 0 unspecified atom stereocenters. The van der Waals surface area contributed by atoms with Crippen LogP contribution in [0.2, 0.25) is 0 Å². The maximum absolute atomic E-state index is 12.8. The highest BCUT2D eigenvalue weighted by Crippen LogP contribution is 2.29.